The second-order valence-corrected chi connectivity index (χ2v) is 8.45. The molecule has 0 atom stereocenters. The molecule has 0 saturated carbocycles. The molecule has 0 aliphatic carbocycles. The third kappa shape index (κ3) is 3.94. The molecule has 25 heavy (non-hydrogen) atoms. The highest BCUT2D eigenvalue weighted by atomic mass is 32.1. The number of nitrogens with one attached hydrogen (secondary N) is 1. The van der Waals surface area contributed by atoms with Gasteiger partial charge < -0.3 is 24.5 Å². The first kappa shape index (κ1) is 18.1. The summed E-state index contributed by atoms with van der Waals surface area (Å²) < 4.78 is 5.73. The summed E-state index contributed by atoms with van der Waals surface area (Å²) in [7, 11) is 1.71. The zero-order valence-corrected chi connectivity index (χ0v) is 16.4. The van der Waals surface area contributed by atoms with Gasteiger partial charge in [0.2, 0.25) is 5.89 Å². The van der Waals surface area contributed by atoms with Crippen molar-refractivity contribution in [1.29, 1.82) is 0 Å². The van der Waals surface area contributed by atoms with E-state index in [-0.39, 0.29) is 10.1 Å². The number of likely N-dealkylation sites (N-methyl/N-ethyl adjacent to an activating group) is 1. The van der Waals surface area contributed by atoms with Gasteiger partial charge in [0.05, 0.1) is 33.2 Å². The van der Waals surface area contributed by atoms with Crippen molar-refractivity contribution in [1.82, 2.24) is 9.88 Å². The predicted molar refractivity (Wildman–Crippen MR) is 105 cm³/mol. The summed E-state index contributed by atoms with van der Waals surface area (Å²) >= 11 is 5.54. The first-order chi connectivity index (χ1) is 11.5. The monoisotopic (exact) mass is 362 g/mol. The van der Waals surface area contributed by atoms with Crippen LogP contribution in [0, 0.1) is 12.1 Å². The van der Waals surface area contributed by atoms with Gasteiger partial charge in [0, 0.05) is 17.2 Å². The van der Waals surface area contributed by atoms with E-state index in [1.54, 1.807) is 7.05 Å². The lowest BCUT2D eigenvalue weighted by atomic mass is 9.97. The van der Waals surface area contributed by atoms with Crippen LogP contribution < -0.4 is 5.32 Å². The van der Waals surface area contributed by atoms with Gasteiger partial charge >= 0.3 is 0 Å². The number of hydroxylamine groups is 3. The van der Waals surface area contributed by atoms with Gasteiger partial charge in [-0.3, -0.25) is 0 Å². The van der Waals surface area contributed by atoms with Gasteiger partial charge in [-0.15, -0.1) is 0 Å². The minimum Gasteiger partial charge on any atom is -0.633 e. The van der Waals surface area contributed by atoms with E-state index >= 15 is 0 Å². The average molecular weight is 362 g/mol. The molecule has 1 aromatic heterocycles. The van der Waals surface area contributed by atoms with Crippen LogP contribution in [0.3, 0.4) is 0 Å². The minimum absolute atomic E-state index is 0.132. The maximum Gasteiger partial charge on any atom is 0.200 e. The Bertz CT molecular complexity index is 797. The van der Waals surface area contributed by atoms with Crippen molar-refractivity contribution < 1.29 is 9.06 Å². The largest absolute Gasteiger partial charge is 0.633 e. The molecule has 2 aromatic rings. The average Bonchev–Trinajstić information content (AvgIpc) is 2.90. The van der Waals surface area contributed by atoms with Crippen LogP contribution in [0.5, 0.6) is 0 Å². The third-order valence-electron chi connectivity index (χ3n) is 4.59. The van der Waals surface area contributed by atoms with E-state index in [0.29, 0.717) is 31.3 Å². The smallest absolute Gasteiger partial charge is 0.200 e. The Kier molecular flexibility index (Phi) is 4.51. The van der Waals surface area contributed by atoms with Crippen molar-refractivity contribution in [3.8, 4) is 0 Å². The standard InChI is InChI=1S/C18H26N4O2S/c1-12-10-14-15(24-16(19-14)18(2,3)4)11-13(12)20-17(25)21-6-8-22(5,23)9-7-21/h10-11H,6-9H2,1-5H3,(H,20,25). The molecule has 0 bridgehead atoms. The van der Waals surface area contributed by atoms with Crippen LogP contribution in [0.1, 0.15) is 32.2 Å². The lowest BCUT2D eigenvalue weighted by molar-refractivity contribution is -0.864. The quantitative estimate of drug-likeness (QED) is 0.477. The van der Waals surface area contributed by atoms with Gasteiger partial charge in [-0.25, -0.2) is 4.98 Å². The molecule has 6 nitrogen and oxygen atoms in total. The zero-order valence-electron chi connectivity index (χ0n) is 15.5. The van der Waals surface area contributed by atoms with Crippen molar-refractivity contribution >= 4 is 34.1 Å². The highest BCUT2D eigenvalue weighted by molar-refractivity contribution is 7.80. The van der Waals surface area contributed by atoms with Crippen molar-refractivity contribution in [2.45, 2.75) is 33.1 Å². The summed E-state index contributed by atoms with van der Waals surface area (Å²) in [6.45, 7) is 10.7. The highest BCUT2D eigenvalue weighted by Crippen LogP contribution is 2.29. The Morgan fingerprint density at radius 3 is 2.56 bits per heavy atom. The fourth-order valence-electron chi connectivity index (χ4n) is 2.82. The predicted octanol–water partition coefficient (Wildman–Crippen LogP) is 3.39. The lowest BCUT2D eigenvalue weighted by Crippen LogP contribution is -2.55. The molecule has 1 aliphatic rings. The second kappa shape index (κ2) is 6.23. The SMILES string of the molecule is Cc1cc2nc(C(C)(C)C)oc2cc1NC(=S)N1CC[N+](C)([O-])CC1. The Hall–Kier alpha value is -1.70. The first-order valence-electron chi connectivity index (χ1n) is 8.58. The number of nitrogens with zero attached hydrogens (tertiary/aromatic N) is 3. The number of oxazole rings is 1. The molecule has 1 fully saturated rings. The molecule has 0 radical (unpaired) electrons. The van der Waals surface area contributed by atoms with Crippen LogP contribution in [0.25, 0.3) is 11.1 Å². The molecule has 3 rings (SSSR count). The molecule has 1 aliphatic heterocycles. The topological polar surface area (TPSA) is 64.4 Å². The van der Waals surface area contributed by atoms with Crippen LogP contribution in [0.2, 0.25) is 0 Å². The number of quaternary nitrogens is 1. The van der Waals surface area contributed by atoms with Gasteiger partial charge in [-0.1, -0.05) is 20.8 Å². The maximum atomic E-state index is 12.0. The molecule has 0 spiro atoms. The molecule has 1 saturated heterocycles. The number of aromatic nitrogens is 1. The van der Waals surface area contributed by atoms with Crippen LogP contribution in [-0.2, 0) is 5.41 Å². The van der Waals surface area contributed by atoms with Gasteiger partial charge in [-0.05, 0) is 30.8 Å². The number of piperazine rings is 1. The fraction of sp³-hybridized carbons (Fsp3) is 0.556. The van der Waals surface area contributed by atoms with Gasteiger partial charge in [0.25, 0.3) is 0 Å². The van der Waals surface area contributed by atoms with E-state index in [4.69, 9.17) is 16.6 Å². The zero-order chi connectivity index (χ0) is 18.4. The van der Waals surface area contributed by atoms with Crippen LogP contribution in [0.15, 0.2) is 16.5 Å². The van der Waals surface area contributed by atoms with Crippen LogP contribution in [0.4, 0.5) is 5.69 Å². The lowest BCUT2D eigenvalue weighted by Gasteiger charge is -2.45. The summed E-state index contributed by atoms with van der Waals surface area (Å²) in [6.07, 6.45) is 0. The van der Waals surface area contributed by atoms with E-state index in [0.717, 1.165) is 28.2 Å². The summed E-state index contributed by atoms with van der Waals surface area (Å²) in [5.74, 6) is 0.727. The molecule has 7 heteroatoms. The number of hydrogen-bond acceptors (Lipinski definition) is 4. The molecule has 2 heterocycles. The number of anilines is 1. The van der Waals surface area contributed by atoms with Crippen molar-refractivity contribution in [2.24, 2.45) is 0 Å². The minimum atomic E-state index is -0.197. The van der Waals surface area contributed by atoms with Crippen molar-refractivity contribution in [3.05, 3.63) is 28.8 Å². The normalized spacial score (nSPS) is 17.8. The highest BCUT2D eigenvalue weighted by Gasteiger charge is 2.24. The Morgan fingerprint density at radius 2 is 1.96 bits per heavy atom. The first-order valence-corrected chi connectivity index (χ1v) is 8.99. The number of thiocarbonyl (C=S) groups is 1. The van der Waals surface area contributed by atoms with Gasteiger partial charge in [0.1, 0.15) is 5.52 Å². The van der Waals surface area contributed by atoms with E-state index < -0.39 is 0 Å². The molecular formula is C18H26N4O2S. The summed E-state index contributed by atoms with van der Waals surface area (Å²) in [5, 5.41) is 15.9. The number of rotatable bonds is 1. The fourth-order valence-corrected chi connectivity index (χ4v) is 3.11. The molecule has 136 valence electrons. The number of hydrogen-bond donors (Lipinski definition) is 1. The third-order valence-corrected chi connectivity index (χ3v) is 4.95. The van der Waals surface area contributed by atoms with Gasteiger partial charge in [-0.2, -0.15) is 0 Å². The van der Waals surface area contributed by atoms with Crippen molar-refractivity contribution in [2.75, 3.05) is 38.5 Å². The molecular weight excluding hydrogens is 336 g/mol. The molecule has 0 unspecified atom stereocenters. The van der Waals surface area contributed by atoms with Crippen molar-refractivity contribution in [3.63, 3.8) is 0 Å². The number of aryl methyl sites for hydroxylation is 1. The Morgan fingerprint density at radius 1 is 1.32 bits per heavy atom. The van der Waals surface area contributed by atoms with Gasteiger partial charge in [0.15, 0.2) is 10.7 Å². The molecule has 0 amide bonds. The number of fused-ring (bicyclic) bond motifs is 1. The molecule has 1 aromatic carbocycles. The van der Waals surface area contributed by atoms with E-state index in [1.807, 2.05) is 19.1 Å². The Labute approximate surface area is 154 Å². The van der Waals surface area contributed by atoms with Crippen LogP contribution in [-0.4, -0.2) is 52.9 Å². The van der Waals surface area contributed by atoms with E-state index in [9.17, 15) is 5.21 Å². The summed E-state index contributed by atoms with van der Waals surface area (Å²) in [5.41, 5.74) is 3.45. The molecule has 1 N–H and O–H groups in total. The second-order valence-electron chi connectivity index (χ2n) is 8.07. The summed E-state index contributed by atoms with van der Waals surface area (Å²) in [4.78, 5) is 6.65. The van der Waals surface area contributed by atoms with E-state index in [2.05, 4.69) is 36.0 Å². The van der Waals surface area contributed by atoms with E-state index in [1.165, 1.54) is 0 Å². The Balaban J connectivity index is 1.79. The summed E-state index contributed by atoms with van der Waals surface area (Å²) in [6, 6.07) is 3.97. The van der Waals surface area contributed by atoms with Crippen LogP contribution >= 0.6 is 12.2 Å². The maximum absolute atomic E-state index is 12.0. The number of benzene rings is 1.